The molecule has 0 saturated carbocycles. The zero-order valence-electron chi connectivity index (χ0n) is 6.28. The lowest BCUT2D eigenvalue weighted by Crippen LogP contribution is -2.28. The van der Waals surface area contributed by atoms with Crippen molar-refractivity contribution in [1.82, 2.24) is 0 Å². The molecule has 3 atom stereocenters. The van der Waals surface area contributed by atoms with Crippen molar-refractivity contribution < 1.29 is 9.53 Å². The van der Waals surface area contributed by atoms with E-state index >= 15 is 0 Å². The van der Waals surface area contributed by atoms with Crippen molar-refractivity contribution in [3.05, 3.63) is 12.3 Å². The summed E-state index contributed by atoms with van der Waals surface area (Å²) in [4.78, 5) is 10.4. The Kier molecular flexibility index (Phi) is 2.10. The van der Waals surface area contributed by atoms with Crippen LogP contribution in [0.2, 0.25) is 0 Å². The van der Waals surface area contributed by atoms with Crippen LogP contribution in [0.4, 0.5) is 0 Å². The maximum atomic E-state index is 10.4. The quantitative estimate of drug-likeness (QED) is 0.514. The van der Waals surface area contributed by atoms with Crippen molar-refractivity contribution in [1.29, 1.82) is 0 Å². The molecule has 10 heavy (non-hydrogen) atoms. The number of carbonyl (C=O) groups is 1. The number of allylic oxidation sites excluding steroid dienone is 1. The van der Waals surface area contributed by atoms with E-state index in [0.29, 0.717) is 11.8 Å². The highest BCUT2D eigenvalue weighted by molar-refractivity contribution is 5.57. The van der Waals surface area contributed by atoms with E-state index in [-0.39, 0.29) is 6.10 Å². The van der Waals surface area contributed by atoms with Gasteiger partial charge in [0.25, 0.3) is 0 Å². The summed E-state index contributed by atoms with van der Waals surface area (Å²) in [6, 6.07) is 0. The van der Waals surface area contributed by atoms with Gasteiger partial charge in [-0.05, 0) is 12.0 Å². The van der Waals surface area contributed by atoms with E-state index in [4.69, 9.17) is 4.74 Å². The van der Waals surface area contributed by atoms with Crippen LogP contribution in [-0.2, 0) is 9.53 Å². The smallest absolute Gasteiger partial charge is 0.160 e. The van der Waals surface area contributed by atoms with Gasteiger partial charge in [-0.15, -0.1) is 0 Å². The first-order chi connectivity index (χ1) is 4.75. The van der Waals surface area contributed by atoms with E-state index < -0.39 is 0 Å². The Labute approximate surface area is 60.9 Å². The topological polar surface area (TPSA) is 26.3 Å². The van der Waals surface area contributed by atoms with Crippen molar-refractivity contribution >= 4 is 6.29 Å². The molecule has 1 rings (SSSR count). The van der Waals surface area contributed by atoms with Gasteiger partial charge in [-0.3, -0.25) is 4.79 Å². The Balaban J connectivity index is 2.64. The minimum absolute atomic E-state index is 0.236. The van der Waals surface area contributed by atoms with Gasteiger partial charge in [-0.25, -0.2) is 0 Å². The van der Waals surface area contributed by atoms with Gasteiger partial charge < -0.3 is 4.74 Å². The number of hydrogen-bond acceptors (Lipinski definition) is 2. The Bertz CT molecular complexity index is 151. The maximum Gasteiger partial charge on any atom is 0.160 e. The van der Waals surface area contributed by atoms with Crippen LogP contribution in [0.5, 0.6) is 0 Å². The molecule has 1 heterocycles. The molecular weight excluding hydrogens is 128 g/mol. The largest absolute Gasteiger partial charge is 0.491 e. The van der Waals surface area contributed by atoms with Crippen LogP contribution in [0.1, 0.15) is 13.8 Å². The van der Waals surface area contributed by atoms with Gasteiger partial charge in [0, 0.05) is 5.92 Å². The molecular formula is C8H12O2. The number of hydrogen-bond donors (Lipinski definition) is 0. The van der Waals surface area contributed by atoms with Crippen molar-refractivity contribution in [2.24, 2.45) is 11.8 Å². The third kappa shape index (κ3) is 1.20. The van der Waals surface area contributed by atoms with Crippen LogP contribution in [0.3, 0.4) is 0 Å². The molecule has 2 heteroatoms. The first-order valence-corrected chi connectivity index (χ1v) is 3.53. The minimum atomic E-state index is -0.236. The molecule has 0 spiro atoms. The molecule has 0 amide bonds. The summed E-state index contributed by atoms with van der Waals surface area (Å²) in [5, 5.41) is 0. The third-order valence-electron chi connectivity index (χ3n) is 2.10. The third-order valence-corrected chi connectivity index (χ3v) is 2.10. The van der Waals surface area contributed by atoms with Crippen molar-refractivity contribution in [3.8, 4) is 0 Å². The minimum Gasteiger partial charge on any atom is -0.491 e. The zero-order valence-corrected chi connectivity index (χ0v) is 6.28. The van der Waals surface area contributed by atoms with E-state index in [9.17, 15) is 4.79 Å². The molecule has 0 aromatic carbocycles. The van der Waals surface area contributed by atoms with Crippen LogP contribution < -0.4 is 0 Å². The second-order valence-electron chi connectivity index (χ2n) is 2.78. The highest BCUT2D eigenvalue weighted by Gasteiger charge is 2.24. The fourth-order valence-electron chi connectivity index (χ4n) is 1.01. The Morgan fingerprint density at radius 2 is 2.20 bits per heavy atom. The second kappa shape index (κ2) is 2.86. The van der Waals surface area contributed by atoms with Gasteiger partial charge >= 0.3 is 0 Å². The molecule has 0 fully saturated rings. The van der Waals surface area contributed by atoms with Crippen molar-refractivity contribution in [2.45, 2.75) is 20.0 Å². The Morgan fingerprint density at radius 3 is 2.70 bits per heavy atom. The molecule has 1 aliphatic rings. The van der Waals surface area contributed by atoms with Crippen LogP contribution in [0.15, 0.2) is 12.3 Å². The number of aldehydes is 1. The van der Waals surface area contributed by atoms with E-state index in [1.165, 1.54) is 0 Å². The summed E-state index contributed by atoms with van der Waals surface area (Å²) >= 11 is 0. The average molecular weight is 140 g/mol. The molecule has 56 valence electrons. The van der Waals surface area contributed by atoms with E-state index in [1.807, 2.05) is 13.0 Å². The van der Waals surface area contributed by atoms with Gasteiger partial charge in [-0.2, -0.15) is 0 Å². The molecule has 0 aliphatic carbocycles. The van der Waals surface area contributed by atoms with Crippen LogP contribution in [-0.4, -0.2) is 12.4 Å². The van der Waals surface area contributed by atoms with Gasteiger partial charge in [0.1, 0.15) is 0 Å². The predicted octanol–water partition coefficient (Wildman–Crippen LogP) is 1.37. The summed E-state index contributed by atoms with van der Waals surface area (Å²) in [7, 11) is 0. The van der Waals surface area contributed by atoms with Gasteiger partial charge in [0.2, 0.25) is 0 Å². The fourth-order valence-corrected chi connectivity index (χ4v) is 1.01. The Hall–Kier alpha value is -0.790. The summed E-state index contributed by atoms with van der Waals surface area (Å²) in [5.74, 6) is 0.756. The summed E-state index contributed by atoms with van der Waals surface area (Å²) < 4.78 is 5.06. The van der Waals surface area contributed by atoms with E-state index in [0.717, 1.165) is 6.29 Å². The first-order valence-electron chi connectivity index (χ1n) is 3.53. The van der Waals surface area contributed by atoms with Gasteiger partial charge in [-0.1, -0.05) is 13.8 Å². The first kappa shape index (κ1) is 7.32. The van der Waals surface area contributed by atoms with E-state index in [1.54, 1.807) is 6.26 Å². The zero-order chi connectivity index (χ0) is 7.56. The standard InChI is InChI=1S/C8H12O2/c1-6-3-4-10-8(5-9)7(6)2/h3-8H,1-2H3. The number of carbonyl (C=O) groups excluding carboxylic acids is 1. The second-order valence-corrected chi connectivity index (χ2v) is 2.78. The SMILES string of the molecule is CC1C=COC(C=O)C1C. The average Bonchev–Trinajstić information content (AvgIpc) is 1.95. The summed E-state index contributed by atoms with van der Waals surface area (Å²) in [6.07, 6.45) is 4.22. The normalized spacial score (nSPS) is 38.8. The molecule has 0 aromatic heterocycles. The summed E-state index contributed by atoms with van der Waals surface area (Å²) in [6.45, 7) is 4.10. The molecule has 0 bridgehead atoms. The van der Waals surface area contributed by atoms with Gasteiger partial charge in [0.15, 0.2) is 12.4 Å². The highest BCUT2D eigenvalue weighted by Crippen LogP contribution is 2.22. The number of ether oxygens (including phenoxy) is 1. The van der Waals surface area contributed by atoms with Crippen LogP contribution >= 0.6 is 0 Å². The summed E-state index contributed by atoms with van der Waals surface area (Å²) in [5.41, 5.74) is 0. The van der Waals surface area contributed by atoms with Crippen molar-refractivity contribution in [3.63, 3.8) is 0 Å². The highest BCUT2D eigenvalue weighted by atomic mass is 16.5. The monoisotopic (exact) mass is 140 g/mol. The predicted molar refractivity (Wildman–Crippen MR) is 38.4 cm³/mol. The van der Waals surface area contributed by atoms with Crippen LogP contribution in [0.25, 0.3) is 0 Å². The molecule has 2 nitrogen and oxygen atoms in total. The lowest BCUT2D eigenvalue weighted by molar-refractivity contribution is -0.118. The number of rotatable bonds is 1. The molecule has 0 radical (unpaired) electrons. The molecule has 0 saturated heterocycles. The van der Waals surface area contributed by atoms with Crippen molar-refractivity contribution in [2.75, 3.05) is 0 Å². The fraction of sp³-hybridized carbons (Fsp3) is 0.625. The van der Waals surface area contributed by atoms with Crippen LogP contribution in [0, 0.1) is 11.8 Å². The lowest BCUT2D eigenvalue weighted by atomic mass is 9.90. The van der Waals surface area contributed by atoms with Gasteiger partial charge in [0.05, 0.1) is 6.26 Å². The maximum absolute atomic E-state index is 10.4. The molecule has 0 aromatic rings. The molecule has 1 aliphatic heterocycles. The molecule has 0 N–H and O–H groups in total. The van der Waals surface area contributed by atoms with E-state index in [2.05, 4.69) is 6.92 Å². The molecule has 3 unspecified atom stereocenters. The lowest BCUT2D eigenvalue weighted by Gasteiger charge is -2.26. The Morgan fingerprint density at radius 1 is 1.50 bits per heavy atom.